The SMILES string of the molecule is COc1ccccc1N1CCN(C(=O)Cc2csc(NC(=O)C(C)(C)C)n2)CC1. The van der Waals surface area contributed by atoms with Gasteiger partial charge in [0.15, 0.2) is 5.13 Å². The van der Waals surface area contributed by atoms with Gasteiger partial charge in [-0.3, -0.25) is 9.59 Å². The summed E-state index contributed by atoms with van der Waals surface area (Å²) in [6.45, 7) is 8.40. The first-order valence-corrected chi connectivity index (χ1v) is 10.6. The molecule has 0 aliphatic carbocycles. The van der Waals surface area contributed by atoms with Crippen molar-refractivity contribution in [2.24, 2.45) is 5.41 Å². The minimum atomic E-state index is -0.483. The van der Waals surface area contributed by atoms with Gasteiger partial charge < -0.3 is 19.9 Å². The zero-order chi connectivity index (χ0) is 21.0. The van der Waals surface area contributed by atoms with Crippen LogP contribution in [0.2, 0.25) is 0 Å². The summed E-state index contributed by atoms with van der Waals surface area (Å²) < 4.78 is 5.44. The van der Waals surface area contributed by atoms with Gasteiger partial charge in [0.1, 0.15) is 5.75 Å². The van der Waals surface area contributed by atoms with E-state index in [1.54, 1.807) is 7.11 Å². The number of hydrogen-bond donors (Lipinski definition) is 1. The molecule has 2 amide bonds. The highest BCUT2D eigenvalue weighted by molar-refractivity contribution is 7.13. The number of nitrogens with zero attached hydrogens (tertiary/aromatic N) is 3. The minimum absolute atomic E-state index is 0.0590. The lowest BCUT2D eigenvalue weighted by molar-refractivity contribution is -0.130. The lowest BCUT2D eigenvalue weighted by Crippen LogP contribution is -2.49. The van der Waals surface area contributed by atoms with Gasteiger partial charge in [0.05, 0.1) is 24.9 Å². The molecule has 0 bridgehead atoms. The molecule has 0 atom stereocenters. The lowest BCUT2D eigenvalue weighted by atomic mass is 9.96. The van der Waals surface area contributed by atoms with Gasteiger partial charge in [-0.1, -0.05) is 32.9 Å². The molecule has 7 nitrogen and oxygen atoms in total. The maximum atomic E-state index is 12.7. The summed E-state index contributed by atoms with van der Waals surface area (Å²) in [5.74, 6) is 0.820. The summed E-state index contributed by atoms with van der Waals surface area (Å²) in [7, 11) is 1.67. The Labute approximate surface area is 175 Å². The molecule has 1 N–H and O–H groups in total. The zero-order valence-electron chi connectivity index (χ0n) is 17.4. The molecule has 2 aromatic rings. The fraction of sp³-hybridized carbons (Fsp3) is 0.476. The number of carbonyl (C=O) groups excluding carboxylic acids is 2. The largest absolute Gasteiger partial charge is 0.495 e. The Morgan fingerprint density at radius 3 is 2.52 bits per heavy atom. The Kier molecular flexibility index (Phi) is 6.42. The first-order chi connectivity index (χ1) is 13.8. The number of aromatic nitrogens is 1. The van der Waals surface area contributed by atoms with Gasteiger partial charge in [-0.05, 0) is 12.1 Å². The van der Waals surface area contributed by atoms with Gasteiger partial charge in [0, 0.05) is 37.0 Å². The van der Waals surface area contributed by atoms with Crippen molar-refractivity contribution >= 4 is 34.0 Å². The summed E-state index contributed by atoms with van der Waals surface area (Å²) >= 11 is 1.35. The van der Waals surface area contributed by atoms with Crippen molar-refractivity contribution in [2.75, 3.05) is 43.5 Å². The topological polar surface area (TPSA) is 74.8 Å². The molecule has 1 aromatic carbocycles. The number of thiazole rings is 1. The second-order valence-electron chi connectivity index (χ2n) is 8.06. The van der Waals surface area contributed by atoms with E-state index >= 15 is 0 Å². The minimum Gasteiger partial charge on any atom is -0.495 e. The van der Waals surface area contributed by atoms with Gasteiger partial charge in [-0.15, -0.1) is 11.3 Å². The Morgan fingerprint density at radius 2 is 1.86 bits per heavy atom. The van der Waals surface area contributed by atoms with E-state index in [1.807, 2.05) is 55.3 Å². The van der Waals surface area contributed by atoms with Crippen LogP contribution in [0, 0.1) is 5.41 Å². The van der Waals surface area contributed by atoms with Crippen LogP contribution in [0.1, 0.15) is 26.5 Å². The van der Waals surface area contributed by atoms with E-state index in [0.29, 0.717) is 23.9 Å². The van der Waals surface area contributed by atoms with E-state index in [-0.39, 0.29) is 18.2 Å². The highest BCUT2D eigenvalue weighted by atomic mass is 32.1. The number of para-hydroxylation sites is 2. The number of carbonyl (C=O) groups is 2. The summed E-state index contributed by atoms with van der Waals surface area (Å²) in [5, 5.41) is 5.19. The summed E-state index contributed by atoms with van der Waals surface area (Å²) in [4.78, 5) is 33.3. The normalized spacial score (nSPS) is 14.6. The van der Waals surface area contributed by atoms with E-state index < -0.39 is 5.41 Å². The number of anilines is 2. The van der Waals surface area contributed by atoms with Crippen molar-refractivity contribution in [1.82, 2.24) is 9.88 Å². The third-order valence-corrected chi connectivity index (χ3v) is 5.65. The Bertz CT molecular complexity index is 867. The lowest BCUT2D eigenvalue weighted by Gasteiger charge is -2.36. The molecule has 0 radical (unpaired) electrons. The second-order valence-corrected chi connectivity index (χ2v) is 8.92. The molecular formula is C21H28N4O3S. The third kappa shape index (κ3) is 5.26. The number of hydrogen-bond acceptors (Lipinski definition) is 6. The van der Waals surface area contributed by atoms with Crippen LogP contribution in [-0.4, -0.2) is 55.0 Å². The van der Waals surface area contributed by atoms with E-state index in [1.165, 1.54) is 11.3 Å². The average Bonchev–Trinajstić information content (AvgIpc) is 3.14. The molecule has 1 saturated heterocycles. The van der Waals surface area contributed by atoms with Crippen LogP contribution in [0.25, 0.3) is 0 Å². The fourth-order valence-electron chi connectivity index (χ4n) is 3.08. The maximum absolute atomic E-state index is 12.7. The molecule has 2 heterocycles. The highest BCUT2D eigenvalue weighted by Gasteiger charge is 2.25. The van der Waals surface area contributed by atoms with Crippen molar-refractivity contribution in [2.45, 2.75) is 27.2 Å². The van der Waals surface area contributed by atoms with Crippen molar-refractivity contribution in [1.29, 1.82) is 0 Å². The molecular weight excluding hydrogens is 388 g/mol. The molecule has 156 valence electrons. The van der Waals surface area contributed by atoms with Crippen LogP contribution in [0.15, 0.2) is 29.6 Å². The molecule has 8 heteroatoms. The van der Waals surface area contributed by atoms with Crippen LogP contribution in [0.4, 0.5) is 10.8 Å². The third-order valence-electron chi connectivity index (χ3n) is 4.84. The van der Waals surface area contributed by atoms with Gasteiger partial charge in [0.2, 0.25) is 11.8 Å². The molecule has 1 fully saturated rings. The standard InChI is InChI=1S/C21H28N4O3S/c1-21(2,3)19(27)23-20-22-15(14-29-20)13-18(26)25-11-9-24(10-12-25)16-7-5-6-8-17(16)28-4/h5-8,14H,9-13H2,1-4H3,(H,22,23,27). The van der Waals surface area contributed by atoms with Crippen LogP contribution >= 0.6 is 11.3 Å². The number of nitrogens with one attached hydrogen (secondary N) is 1. The maximum Gasteiger partial charge on any atom is 0.231 e. The number of rotatable bonds is 5. The number of methoxy groups -OCH3 is 1. The molecule has 0 saturated carbocycles. The van der Waals surface area contributed by atoms with Crippen molar-refractivity contribution in [3.8, 4) is 5.75 Å². The van der Waals surface area contributed by atoms with Crippen LogP contribution in [0.3, 0.4) is 0 Å². The average molecular weight is 417 g/mol. The number of piperazine rings is 1. The number of amides is 2. The van der Waals surface area contributed by atoms with E-state index in [4.69, 9.17) is 4.74 Å². The van der Waals surface area contributed by atoms with Crippen molar-refractivity contribution in [3.05, 3.63) is 35.3 Å². The zero-order valence-corrected chi connectivity index (χ0v) is 18.2. The number of benzene rings is 1. The van der Waals surface area contributed by atoms with E-state index in [2.05, 4.69) is 15.2 Å². The molecule has 29 heavy (non-hydrogen) atoms. The first kappa shape index (κ1) is 21.1. The second kappa shape index (κ2) is 8.82. The molecule has 0 spiro atoms. The number of ether oxygens (including phenoxy) is 1. The summed E-state index contributed by atoms with van der Waals surface area (Å²) in [5.41, 5.74) is 1.26. The quantitative estimate of drug-likeness (QED) is 0.811. The van der Waals surface area contributed by atoms with Gasteiger partial charge >= 0.3 is 0 Å². The fourth-order valence-corrected chi connectivity index (χ4v) is 3.79. The molecule has 1 aliphatic heterocycles. The smallest absolute Gasteiger partial charge is 0.231 e. The Balaban J connectivity index is 1.53. The Morgan fingerprint density at radius 1 is 1.17 bits per heavy atom. The van der Waals surface area contributed by atoms with Gasteiger partial charge in [-0.25, -0.2) is 4.98 Å². The summed E-state index contributed by atoms with van der Waals surface area (Å²) in [6, 6.07) is 7.94. The first-order valence-electron chi connectivity index (χ1n) is 9.69. The van der Waals surface area contributed by atoms with Gasteiger partial charge in [-0.2, -0.15) is 0 Å². The predicted molar refractivity (Wildman–Crippen MR) is 116 cm³/mol. The van der Waals surface area contributed by atoms with E-state index in [9.17, 15) is 9.59 Å². The predicted octanol–water partition coefficient (Wildman–Crippen LogP) is 3.03. The summed E-state index contributed by atoms with van der Waals surface area (Å²) in [6.07, 6.45) is 0.247. The molecule has 1 aromatic heterocycles. The molecule has 3 rings (SSSR count). The van der Waals surface area contributed by atoms with Gasteiger partial charge in [0.25, 0.3) is 0 Å². The van der Waals surface area contributed by atoms with Crippen LogP contribution in [-0.2, 0) is 16.0 Å². The van der Waals surface area contributed by atoms with E-state index in [0.717, 1.165) is 24.5 Å². The van der Waals surface area contributed by atoms with Crippen LogP contribution in [0.5, 0.6) is 5.75 Å². The monoisotopic (exact) mass is 416 g/mol. The van der Waals surface area contributed by atoms with Crippen LogP contribution < -0.4 is 15.0 Å². The van der Waals surface area contributed by atoms with Crippen molar-refractivity contribution in [3.63, 3.8) is 0 Å². The molecule has 1 aliphatic rings. The molecule has 0 unspecified atom stereocenters. The Hall–Kier alpha value is -2.61. The van der Waals surface area contributed by atoms with Crippen molar-refractivity contribution < 1.29 is 14.3 Å². The highest BCUT2D eigenvalue weighted by Crippen LogP contribution is 2.28.